The highest BCUT2D eigenvalue weighted by Crippen LogP contribution is 2.41. The number of Topliss-reactive ketones (excluding diaryl/α,β-unsaturated/α-hetero) is 1. The van der Waals surface area contributed by atoms with Crippen molar-refractivity contribution in [3.8, 4) is 17.2 Å². The van der Waals surface area contributed by atoms with Crippen LogP contribution in [-0.4, -0.2) is 26.1 Å². The smallest absolute Gasteiger partial charge is 0.169 e. The minimum Gasteiger partial charge on any atom is -0.493 e. The highest BCUT2D eigenvalue weighted by Gasteiger charge is 2.24. The lowest BCUT2D eigenvalue weighted by molar-refractivity contribution is -0.116. The number of hydrogen-bond acceptors (Lipinski definition) is 4. The Morgan fingerprint density at radius 1 is 1.47 bits per heavy atom. The first kappa shape index (κ1) is 11.7. The number of benzene rings is 1. The number of hydrogen-bond donors (Lipinski definition) is 0. The molecule has 0 atom stereocenters. The summed E-state index contributed by atoms with van der Waals surface area (Å²) in [4.78, 5) is 11.2. The van der Waals surface area contributed by atoms with Crippen LogP contribution >= 0.6 is 0 Å². The number of carbonyl (C=O) groups excluding carboxylic acids is 1. The first-order valence-corrected chi connectivity index (χ1v) is 5.28. The SMILES string of the molecule is COc1c(F)cc2c(c1CC(C)=O)OCCO2. The molecule has 0 bridgehead atoms. The van der Waals surface area contributed by atoms with Crippen molar-refractivity contribution in [1.82, 2.24) is 0 Å². The van der Waals surface area contributed by atoms with Gasteiger partial charge in [0.25, 0.3) is 0 Å². The van der Waals surface area contributed by atoms with E-state index in [0.717, 1.165) is 0 Å². The summed E-state index contributed by atoms with van der Waals surface area (Å²) >= 11 is 0. The van der Waals surface area contributed by atoms with Crippen molar-refractivity contribution in [2.24, 2.45) is 0 Å². The predicted molar refractivity (Wildman–Crippen MR) is 58.3 cm³/mol. The number of carbonyl (C=O) groups is 1. The summed E-state index contributed by atoms with van der Waals surface area (Å²) in [5.74, 6) is 0.137. The van der Waals surface area contributed by atoms with Crippen molar-refractivity contribution in [2.45, 2.75) is 13.3 Å². The Balaban J connectivity index is 2.56. The van der Waals surface area contributed by atoms with E-state index in [9.17, 15) is 9.18 Å². The Morgan fingerprint density at radius 3 is 2.82 bits per heavy atom. The second kappa shape index (κ2) is 4.61. The van der Waals surface area contributed by atoms with Gasteiger partial charge in [0.1, 0.15) is 19.0 Å². The van der Waals surface area contributed by atoms with Gasteiger partial charge in [-0.05, 0) is 6.92 Å². The Morgan fingerprint density at radius 2 is 2.18 bits per heavy atom. The molecule has 0 saturated heterocycles. The summed E-state index contributed by atoms with van der Waals surface area (Å²) in [6.07, 6.45) is 0.0621. The summed E-state index contributed by atoms with van der Waals surface area (Å²) in [5.41, 5.74) is 0.412. The van der Waals surface area contributed by atoms with E-state index < -0.39 is 5.82 Å². The fourth-order valence-corrected chi connectivity index (χ4v) is 1.83. The monoisotopic (exact) mass is 240 g/mol. The van der Waals surface area contributed by atoms with Gasteiger partial charge >= 0.3 is 0 Å². The van der Waals surface area contributed by atoms with Crippen LogP contribution in [0.3, 0.4) is 0 Å². The van der Waals surface area contributed by atoms with E-state index in [1.54, 1.807) is 0 Å². The molecular formula is C12H13FO4. The maximum Gasteiger partial charge on any atom is 0.169 e. The quantitative estimate of drug-likeness (QED) is 0.807. The zero-order valence-corrected chi connectivity index (χ0v) is 9.71. The fourth-order valence-electron chi connectivity index (χ4n) is 1.83. The normalized spacial score (nSPS) is 13.4. The van der Waals surface area contributed by atoms with E-state index in [1.165, 1.54) is 20.1 Å². The Hall–Kier alpha value is -1.78. The summed E-state index contributed by atoms with van der Waals surface area (Å²) in [5, 5.41) is 0. The molecule has 0 aromatic heterocycles. The van der Waals surface area contributed by atoms with E-state index in [4.69, 9.17) is 14.2 Å². The van der Waals surface area contributed by atoms with Crippen molar-refractivity contribution in [3.05, 3.63) is 17.4 Å². The van der Waals surface area contributed by atoms with Crippen molar-refractivity contribution in [3.63, 3.8) is 0 Å². The second-order valence-corrected chi connectivity index (χ2v) is 3.77. The minimum absolute atomic E-state index is 0.0458. The van der Waals surface area contributed by atoms with Gasteiger partial charge in [0.05, 0.1) is 12.7 Å². The van der Waals surface area contributed by atoms with Crippen LogP contribution in [0.1, 0.15) is 12.5 Å². The molecule has 1 aromatic carbocycles. The molecule has 1 aliphatic rings. The van der Waals surface area contributed by atoms with Gasteiger partial charge in [0.15, 0.2) is 23.1 Å². The Bertz CT molecular complexity index is 456. The third-order valence-electron chi connectivity index (χ3n) is 2.46. The van der Waals surface area contributed by atoms with Crippen molar-refractivity contribution < 1.29 is 23.4 Å². The maximum absolute atomic E-state index is 13.7. The van der Waals surface area contributed by atoms with E-state index in [0.29, 0.717) is 30.3 Å². The summed E-state index contributed by atoms with van der Waals surface area (Å²) < 4.78 is 29.4. The van der Waals surface area contributed by atoms with Gasteiger partial charge in [-0.3, -0.25) is 4.79 Å². The van der Waals surface area contributed by atoms with Gasteiger partial charge in [-0.1, -0.05) is 0 Å². The third-order valence-corrected chi connectivity index (χ3v) is 2.46. The standard InChI is InChI=1S/C12H13FO4/c1-7(14)5-8-11(15-2)9(13)6-10-12(8)17-4-3-16-10/h6H,3-5H2,1-2H3. The zero-order chi connectivity index (χ0) is 12.4. The molecule has 1 aromatic rings. The molecule has 0 N–H and O–H groups in total. The Kier molecular flexibility index (Phi) is 3.17. The number of rotatable bonds is 3. The fraction of sp³-hybridized carbons (Fsp3) is 0.417. The molecule has 4 nitrogen and oxygen atoms in total. The second-order valence-electron chi connectivity index (χ2n) is 3.77. The van der Waals surface area contributed by atoms with Crippen LogP contribution in [0.5, 0.6) is 17.2 Å². The van der Waals surface area contributed by atoms with Crippen molar-refractivity contribution in [2.75, 3.05) is 20.3 Å². The molecule has 92 valence electrons. The average Bonchev–Trinajstić information content (AvgIpc) is 2.28. The Labute approximate surface area is 98.3 Å². The lowest BCUT2D eigenvalue weighted by Gasteiger charge is -2.22. The van der Waals surface area contributed by atoms with Gasteiger partial charge in [0, 0.05) is 12.5 Å². The minimum atomic E-state index is -0.548. The highest BCUT2D eigenvalue weighted by atomic mass is 19.1. The molecule has 0 aliphatic carbocycles. The number of fused-ring (bicyclic) bond motifs is 1. The molecule has 0 radical (unpaired) electrons. The topological polar surface area (TPSA) is 44.8 Å². The van der Waals surface area contributed by atoms with Crippen LogP contribution in [0.25, 0.3) is 0 Å². The highest BCUT2D eigenvalue weighted by molar-refractivity contribution is 5.80. The molecule has 0 spiro atoms. The van der Waals surface area contributed by atoms with Crippen LogP contribution in [0.4, 0.5) is 4.39 Å². The molecule has 0 unspecified atom stereocenters. The van der Waals surface area contributed by atoms with E-state index in [-0.39, 0.29) is 18.0 Å². The number of methoxy groups -OCH3 is 1. The lowest BCUT2D eigenvalue weighted by atomic mass is 10.1. The molecular weight excluding hydrogens is 227 g/mol. The predicted octanol–water partition coefficient (Wildman–Crippen LogP) is 1.74. The van der Waals surface area contributed by atoms with Gasteiger partial charge in [-0.2, -0.15) is 0 Å². The molecule has 0 fully saturated rings. The van der Waals surface area contributed by atoms with Gasteiger partial charge in [-0.15, -0.1) is 0 Å². The number of halogens is 1. The first-order valence-electron chi connectivity index (χ1n) is 5.28. The number of ether oxygens (including phenoxy) is 3. The average molecular weight is 240 g/mol. The molecule has 2 rings (SSSR count). The van der Waals surface area contributed by atoms with E-state index in [2.05, 4.69) is 0 Å². The summed E-state index contributed by atoms with van der Waals surface area (Å²) in [7, 11) is 1.36. The van der Waals surface area contributed by atoms with Crippen LogP contribution in [0.15, 0.2) is 6.07 Å². The van der Waals surface area contributed by atoms with Crippen LogP contribution in [0.2, 0.25) is 0 Å². The number of ketones is 1. The molecule has 5 heteroatoms. The zero-order valence-electron chi connectivity index (χ0n) is 9.71. The third kappa shape index (κ3) is 2.18. The molecule has 1 aliphatic heterocycles. The van der Waals surface area contributed by atoms with Crippen molar-refractivity contribution in [1.29, 1.82) is 0 Å². The molecule has 0 amide bonds. The van der Waals surface area contributed by atoms with Crippen LogP contribution < -0.4 is 14.2 Å². The lowest BCUT2D eigenvalue weighted by Crippen LogP contribution is -2.18. The first-order chi connectivity index (χ1) is 8.13. The van der Waals surface area contributed by atoms with Crippen LogP contribution in [0, 0.1) is 5.82 Å². The molecule has 17 heavy (non-hydrogen) atoms. The molecule has 0 saturated carbocycles. The van der Waals surface area contributed by atoms with Gasteiger partial charge in [0.2, 0.25) is 0 Å². The largest absolute Gasteiger partial charge is 0.493 e. The van der Waals surface area contributed by atoms with Crippen LogP contribution in [-0.2, 0) is 11.2 Å². The van der Waals surface area contributed by atoms with Gasteiger partial charge < -0.3 is 14.2 Å². The van der Waals surface area contributed by atoms with Gasteiger partial charge in [-0.25, -0.2) is 4.39 Å². The maximum atomic E-state index is 13.7. The van der Waals surface area contributed by atoms with E-state index in [1.807, 2.05) is 0 Å². The van der Waals surface area contributed by atoms with E-state index >= 15 is 0 Å². The summed E-state index contributed by atoms with van der Waals surface area (Å²) in [6, 6.07) is 1.22. The molecule has 1 heterocycles. The summed E-state index contributed by atoms with van der Waals surface area (Å²) in [6.45, 7) is 2.19. The van der Waals surface area contributed by atoms with Crippen molar-refractivity contribution >= 4 is 5.78 Å².